The average molecular weight is 354 g/mol. The van der Waals surface area contributed by atoms with Gasteiger partial charge in [-0.1, -0.05) is 12.1 Å². The van der Waals surface area contributed by atoms with Crippen molar-refractivity contribution >= 4 is 38.4 Å². The van der Waals surface area contributed by atoms with Gasteiger partial charge in [-0.05, 0) is 37.3 Å². The van der Waals surface area contributed by atoms with Crippen molar-refractivity contribution in [2.24, 2.45) is 0 Å². The van der Waals surface area contributed by atoms with E-state index in [1.807, 2.05) is 24.3 Å². The summed E-state index contributed by atoms with van der Waals surface area (Å²) in [5.41, 5.74) is 2.13. The molecule has 0 fully saturated rings. The molecule has 2 aromatic heterocycles. The molecule has 0 atom stereocenters. The first-order chi connectivity index (χ1) is 12.1. The fourth-order valence-corrected chi connectivity index (χ4v) is 3.77. The number of benzene rings is 2. The third kappa shape index (κ3) is 3.00. The van der Waals surface area contributed by atoms with Crippen LogP contribution in [-0.2, 0) is 6.42 Å². The molecule has 0 spiro atoms. The number of carbonyl (C=O) groups excluding carboxylic acids is 1. The van der Waals surface area contributed by atoms with E-state index in [4.69, 9.17) is 4.42 Å². The summed E-state index contributed by atoms with van der Waals surface area (Å²) in [5.74, 6) is -0.417. The van der Waals surface area contributed by atoms with Gasteiger partial charge in [0.15, 0.2) is 5.76 Å². The van der Waals surface area contributed by atoms with E-state index in [9.17, 15) is 9.18 Å². The van der Waals surface area contributed by atoms with Gasteiger partial charge in [-0.15, -0.1) is 11.3 Å². The monoisotopic (exact) mass is 354 g/mol. The molecule has 2 heterocycles. The molecule has 0 radical (unpaired) electrons. The summed E-state index contributed by atoms with van der Waals surface area (Å²) < 4.78 is 20.1. The second kappa shape index (κ2) is 6.29. The number of aromatic nitrogens is 1. The van der Waals surface area contributed by atoms with Crippen molar-refractivity contribution in [1.29, 1.82) is 0 Å². The molecule has 1 N–H and O–H groups in total. The molecule has 0 aliphatic carbocycles. The summed E-state index contributed by atoms with van der Waals surface area (Å²) in [6, 6.07) is 12.2. The van der Waals surface area contributed by atoms with Crippen LogP contribution in [0.5, 0.6) is 0 Å². The summed E-state index contributed by atoms with van der Waals surface area (Å²) >= 11 is 1.63. The summed E-state index contributed by atoms with van der Waals surface area (Å²) in [6.07, 6.45) is 0.652. The van der Waals surface area contributed by atoms with Crippen LogP contribution in [-0.4, -0.2) is 17.4 Å². The third-order valence-electron chi connectivity index (χ3n) is 4.07. The molecule has 25 heavy (non-hydrogen) atoms. The molecule has 4 nitrogen and oxygen atoms in total. The van der Waals surface area contributed by atoms with E-state index in [2.05, 4.69) is 10.3 Å². The van der Waals surface area contributed by atoms with Crippen molar-refractivity contribution in [1.82, 2.24) is 10.3 Å². The Morgan fingerprint density at radius 2 is 2.12 bits per heavy atom. The lowest BCUT2D eigenvalue weighted by atomic mass is 10.1. The quantitative estimate of drug-likeness (QED) is 0.588. The van der Waals surface area contributed by atoms with Gasteiger partial charge < -0.3 is 9.73 Å². The second-order valence-electron chi connectivity index (χ2n) is 5.78. The van der Waals surface area contributed by atoms with Crippen LogP contribution < -0.4 is 5.32 Å². The predicted octanol–water partition coefficient (Wildman–Crippen LogP) is 4.46. The number of nitrogens with one attached hydrogen (secondary N) is 1. The van der Waals surface area contributed by atoms with Crippen LogP contribution >= 0.6 is 11.3 Å². The van der Waals surface area contributed by atoms with Gasteiger partial charge in [0, 0.05) is 23.9 Å². The highest BCUT2D eigenvalue weighted by Crippen LogP contribution is 2.26. The van der Waals surface area contributed by atoms with Crippen molar-refractivity contribution in [2.45, 2.75) is 13.3 Å². The Kier molecular flexibility index (Phi) is 3.97. The van der Waals surface area contributed by atoms with Crippen LogP contribution in [0.2, 0.25) is 0 Å². The minimum absolute atomic E-state index is 0.227. The fourth-order valence-electron chi connectivity index (χ4n) is 2.80. The summed E-state index contributed by atoms with van der Waals surface area (Å²) in [5, 5.41) is 4.45. The van der Waals surface area contributed by atoms with E-state index in [1.165, 1.54) is 18.2 Å². The van der Waals surface area contributed by atoms with Crippen LogP contribution in [0.15, 0.2) is 46.9 Å². The number of hydrogen-bond acceptors (Lipinski definition) is 4. The minimum atomic E-state index is -0.348. The smallest absolute Gasteiger partial charge is 0.287 e. The predicted molar refractivity (Wildman–Crippen MR) is 96.6 cm³/mol. The van der Waals surface area contributed by atoms with Crippen LogP contribution in [0.1, 0.15) is 21.1 Å². The van der Waals surface area contributed by atoms with Gasteiger partial charge >= 0.3 is 0 Å². The van der Waals surface area contributed by atoms with Gasteiger partial charge in [0.2, 0.25) is 0 Å². The number of para-hydroxylation sites is 1. The molecule has 0 saturated carbocycles. The first kappa shape index (κ1) is 15.8. The topological polar surface area (TPSA) is 55.1 Å². The molecule has 6 heteroatoms. The highest BCUT2D eigenvalue weighted by Gasteiger charge is 2.17. The normalized spacial score (nSPS) is 11.3. The lowest BCUT2D eigenvalue weighted by molar-refractivity contribution is 0.0928. The molecule has 1 amide bonds. The fraction of sp³-hybridized carbons (Fsp3) is 0.158. The number of thiazole rings is 1. The highest BCUT2D eigenvalue weighted by atomic mass is 32.1. The summed E-state index contributed by atoms with van der Waals surface area (Å²) in [6.45, 7) is 2.22. The van der Waals surface area contributed by atoms with E-state index >= 15 is 0 Å². The molecule has 4 aromatic rings. The number of fused-ring (bicyclic) bond motifs is 2. The van der Waals surface area contributed by atoms with Crippen LogP contribution in [0.4, 0.5) is 4.39 Å². The van der Waals surface area contributed by atoms with Crippen molar-refractivity contribution in [3.05, 3.63) is 64.6 Å². The maximum atomic E-state index is 13.4. The Morgan fingerprint density at radius 1 is 1.28 bits per heavy atom. The maximum absolute atomic E-state index is 13.4. The molecular weight excluding hydrogens is 339 g/mol. The number of amides is 1. The van der Waals surface area contributed by atoms with Crippen LogP contribution in [0.3, 0.4) is 0 Å². The Labute approximate surface area is 147 Å². The molecule has 2 aromatic carbocycles. The third-order valence-corrected chi connectivity index (χ3v) is 5.16. The SMILES string of the molecule is Cc1c(C(=O)NCCc2nc3ccccc3s2)oc2ccc(F)cc12. The second-order valence-corrected chi connectivity index (χ2v) is 6.89. The van der Waals surface area contributed by atoms with E-state index < -0.39 is 0 Å². The Balaban J connectivity index is 1.46. The van der Waals surface area contributed by atoms with Crippen molar-refractivity contribution in [3.63, 3.8) is 0 Å². The zero-order valence-electron chi connectivity index (χ0n) is 13.5. The highest BCUT2D eigenvalue weighted by molar-refractivity contribution is 7.18. The van der Waals surface area contributed by atoms with Crippen LogP contribution in [0, 0.1) is 12.7 Å². The van der Waals surface area contributed by atoms with Gasteiger partial charge in [0.05, 0.1) is 15.2 Å². The molecule has 0 unspecified atom stereocenters. The number of carbonyl (C=O) groups is 1. The number of rotatable bonds is 4. The first-order valence-electron chi connectivity index (χ1n) is 7.93. The largest absolute Gasteiger partial charge is 0.451 e. The molecule has 0 bridgehead atoms. The van der Waals surface area contributed by atoms with Gasteiger partial charge in [-0.25, -0.2) is 9.37 Å². The molecule has 0 aliphatic rings. The van der Waals surface area contributed by atoms with Crippen LogP contribution in [0.25, 0.3) is 21.2 Å². The lowest BCUT2D eigenvalue weighted by Crippen LogP contribution is -2.25. The van der Waals surface area contributed by atoms with E-state index in [0.717, 1.165) is 15.2 Å². The average Bonchev–Trinajstić information content (AvgIpc) is 3.16. The summed E-state index contributed by atoms with van der Waals surface area (Å²) in [7, 11) is 0. The van der Waals surface area contributed by atoms with Crippen molar-refractivity contribution in [2.75, 3.05) is 6.54 Å². The number of hydrogen-bond donors (Lipinski definition) is 1. The maximum Gasteiger partial charge on any atom is 0.287 e. The molecule has 0 saturated heterocycles. The van der Waals surface area contributed by atoms with Gasteiger partial charge in [-0.3, -0.25) is 4.79 Å². The number of nitrogens with zero attached hydrogens (tertiary/aromatic N) is 1. The number of furan rings is 1. The lowest BCUT2D eigenvalue weighted by Gasteiger charge is -2.02. The summed E-state index contributed by atoms with van der Waals surface area (Å²) in [4.78, 5) is 16.9. The minimum Gasteiger partial charge on any atom is -0.451 e. The Morgan fingerprint density at radius 3 is 2.96 bits per heavy atom. The standard InChI is InChI=1S/C19H15FN2O2S/c1-11-13-10-12(20)6-7-15(13)24-18(11)19(23)21-9-8-17-22-14-4-2-3-5-16(14)25-17/h2-7,10H,8-9H2,1H3,(H,21,23). The zero-order chi connectivity index (χ0) is 17.4. The molecule has 126 valence electrons. The zero-order valence-corrected chi connectivity index (χ0v) is 14.3. The Hall–Kier alpha value is -2.73. The van der Waals surface area contributed by atoms with Crippen molar-refractivity contribution < 1.29 is 13.6 Å². The van der Waals surface area contributed by atoms with E-state index in [1.54, 1.807) is 18.3 Å². The van der Waals surface area contributed by atoms with Crippen molar-refractivity contribution in [3.8, 4) is 0 Å². The molecular formula is C19H15FN2O2S. The van der Waals surface area contributed by atoms with E-state index in [-0.39, 0.29) is 17.5 Å². The number of aryl methyl sites for hydroxylation is 1. The van der Waals surface area contributed by atoms with E-state index in [0.29, 0.717) is 29.5 Å². The van der Waals surface area contributed by atoms with Gasteiger partial charge in [0.25, 0.3) is 5.91 Å². The van der Waals surface area contributed by atoms with Gasteiger partial charge in [-0.2, -0.15) is 0 Å². The first-order valence-corrected chi connectivity index (χ1v) is 8.75. The molecule has 4 rings (SSSR count). The number of halogens is 1. The molecule has 0 aliphatic heterocycles. The van der Waals surface area contributed by atoms with Gasteiger partial charge in [0.1, 0.15) is 11.4 Å². The Bertz CT molecular complexity index is 1050.